The van der Waals surface area contributed by atoms with E-state index in [0.717, 1.165) is 0 Å². The Bertz CT molecular complexity index is 383. The zero-order chi connectivity index (χ0) is 39.9. The summed E-state index contributed by atoms with van der Waals surface area (Å²) in [7, 11) is 0. The molecule has 0 saturated heterocycles. The van der Waals surface area contributed by atoms with Crippen molar-refractivity contribution in [1.82, 2.24) is 0 Å². The summed E-state index contributed by atoms with van der Waals surface area (Å²) < 4.78 is 0. The molecule has 0 unspecified atom stereocenters. The van der Waals surface area contributed by atoms with Crippen LogP contribution in [0.25, 0.3) is 0 Å². The zero-order valence-electron chi connectivity index (χ0n) is 30.2. The Morgan fingerprint density at radius 2 is 0.259 bits per heavy atom. The molecule has 0 saturated carbocycles. The molecule has 0 heterocycles. The Labute approximate surface area is 359 Å². The third-order valence-electron chi connectivity index (χ3n) is 3.40. The smallest absolute Gasteiger partial charge is 0.152 e. The van der Waals surface area contributed by atoms with Crippen molar-refractivity contribution in [2.24, 2.45) is 45.9 Å². The summed E-state index contributed by atoms with van der Waals surface area (Å²) in [5.74, 6) is 0. The third-order valence-corrected chi connectivity index (χ3v) is 3.40. The molecule has 0 bridgehead atoms. The second-order valence-corrected chi connectivity index (χ2v) is 8.46. The zero-order valence-corrected chi connectivity index (χ0v) is 34.9. The van der Waals surface area contributed by atoms with Crippen LogP contribution >= 0.6 is 0 Å². The molecule has 0 aliphatic rings. The molecule has 30 heteroatoms. The van der Waals surface area contributed by atoms with Crippen LogP contribution in [-0.2, 0) is 68.3 Å². The Kier molecular flexibility index (Phi) is 160. The van der Waals surface area contributed by atoms with E-state index >= 15 is 0 Å². The molecular formula is C24H76Mn4N8O18. The Hall–Kier alpha value is 1.04. The van der Waals surface area contributed by atoms with Gasteiger partial charge in [0, 0.05) is 120 Å². The standard InChI is InChI=1S/8C3H9NO2.4Mn.2H2O/c8*4-2-1-3(5)6;;;;;;/h8*3,5-6H,1-2,4H2;;;;;2*1H2. The maximum absolute atomic E-state index is 8.03. The van der Waals surface area contributed by atoms with Crippen molar-refractivity contribution in [2.75, 3.05) is 52.4 Å². The van der Waals surface area contributed by atoms with Gasteiger partial charge in [-0.25, -0.2) is 0 Å². The Morgan fingerprint density at radius 1 is 0.204 bits per heavy atom. The minimum absolute atomic E-state index is 0. The minimum Gasteiger partial charge on any atom is -0.412 e. The first-order valence-electron chi connectivity index (χ1n) is 14.7. The van der Waals surface area contributed by atoms with Crippen molar-refractivity contribution in [1.29, 1.82) is 0 Å². The fraction of sp³-hybridized carbons (Fsp3) is 1.00. The van der Waals surface area contributed by atoms with E-state index in [1.165, 1.54) is 0 Å². The SMILES string of the molecule is NCCC(O)O.NCCC(O)O.NCCC(O)O.NCCC(O)O.NCCC(O)O.NCCC(O)O.NCCC(O)O.NCCC(O)O.O.O.[Mn].[Mn].[Mn].[Mn]. The molecule has 0 atom stereocenters. The van der Waals surface area contributed by atoms with Crippen molar-refractivity contribution in [3.05, 3.63) is 0 Å². The van der Waals surface area contributed by atoms with Crippen LogP contribution in [0, 0.1) is 0 Å². The van der Waals surface area contributed by atoms with Crippen molar-refractivity contribution in [3.8, 4) is 0 Å². The third kappa shape index (κ3) is 229. The molecule has 0 rings (SSSR count). The first-order chi connectivity index (χ1) is 22.2. The molecule has 54 heavy (non-hydrogen) atoms. The fourth-order valence-corrected chi connectivity index (χ4v) is 1.19. The van der Waals surface area contributed by atoms with Crippen LogP contribution in [0.15, 0.2) is 0 Å². The monoisotopic (exact) mass is 984 g/mol. The number of hydrogen-bond acceptors (Lipinski definition) is 24. The molecule has 0 aliphatic heterocycles. The Morgan fingerprint density at radius 3 is 0.259 bits per heavy atom. The van der Waals surface area contributed by atoms with Crippen LogP contribution in [0.2, 0.25) is 0 Å². The van der Waals surface area contributed by atoms with E-state index < -0.39 is 50.3 Å². The van der Waals surface area contributed by atoms with E-state index in [4.69, 9.17) is 128 Å². The van der Waals surface area contributed by atoms with E-state index in [9.17, 15) is 0 Å². The van der Waals surface area contributed by atoms with Gasteiger partial charge >= 0.3 is 0 Å². The van der Waals surface area contributed by atoms with Crippen LogP contribution < -0.4 is 45.9 Å². The fourth-order valence-electron chi connectivity index (χ4n) is 1.19. The normalized spacial score (nSPS) is 8.89. The van der Waals surface area contributed by atoms with E-state index in [0.29, 0.717) is 52.4 Å². The van der Waals surface area contributed by atoms with E-state index in [2.05, 4.69) is 0 Å². The van der Waals surface area contributed by atoms with E-state index in [-0.39, 0.29) is 131 Å². The molecule has 0 spiro atoms. The summed E-state index contributed by atoms with van der Waals surface area (Å²) in [6, 6.07) is 0. The largest absolute Gasteiger partial charge is 0.412 e. The number of rotatable bonds is 16. The first-order valence-corrected chi connectivity index (χ1v) is 14.7. The number of nitrogens with two attached hydrogens (primary N) is 8. The van der Waals surface area contributed by atoms with Gasteiger partial charge in [0.1, 0.15) is 0 Å². The van der Waals surface area contributed by atoms with Gasteiger partial charge in [-0.15, -0.1) is 0 Å². The molecule has 26 nitrogen and oxygen atoms in total. The van der Waals surface area contributed by atoms with Gasteiger partial charge in [0.25, 0.3) is 0 Å². The summed E-state index contributed by atoms with van der Waals surface area (Å²) in [6.45, 7) is 2.65. The molecule has 0 aromatic carbocycles. The van der Waals surface area contributed by atoms with Crippen molar-refractivity contribution >= 4 is 0 Å². The predicted molar refractivity (Wildman–Crippen MR) is 182 cm³/mol. The van der Waals surface area contributed by atoms with Crippen LogP contribution in [0.3, 0.4) is 0 Å². The van der Waals surface area contributed by atoms with Crippen LogP contribution in [-0.4, -0.2) is 195 Å². The molecule has 0 fully saturated rings. The molecule has 0 aliphatic carbocycles. The summed E-state index contributed by atoms with van der Waals surface area (Å²) in [5.41, 5.74) is 39.3. The average molecular weight is 985 g/mol. The molecule has 36 N–H and O–H groups in total. The van der Waals surface area contributed by atoms with E-state index in [1.807, 2.05) is 0 Å². The molecule has 348 valence electrons. The second-order valence-electron chi connectivity index (χ2n) is 8.46. The predicted octanol–water partition coefficient (Wildman–Crippen LogP) is -12.5. The van der Waals surface area contributed by atoms with Crippen LogP contribution in [0.5, 0.6) is 0 Å². The van der Waals surface area contributed by atoms with Crippen molar-refractivity contribution in [3.63, 3.8) is 0 Å². The summed E-state index contributed by atoms with van der Waals surface area (Å²) in [6.07, 6.45) is -7.70. The van der Waals surface area contributed by atoms with Gasteiger partial charge in [-0.05, 0) is 52.4 Å². The minimum atomic E-state index is -1.23. The topological polar surface area (TPSA) is 595 Å². The van der Waals surface area contributed by atoms with E-state index in [1.54, 1.807) is 0 Å². The molecule has 0 amide bonds. The van der Waals surface area contributed by atoms with Crippen molar-refractivity contribution < 1.29 is 161 Å². The molecular weight excluding hydrogens is 908 g/mol. The molecule has 0 aromatic rings. The van der Waals surface area contributed by atoms with Gasteiger partial charge in [-0.3, -0.25) is 0 Å². The average Bonchev–Trinajstić information content (AvgIpc) is 2.90. The van der Waals surface area contributed by atoms with Gasteiger partial charge in [0.15, 0.2) is 50.3 Å². The van der Waals surface area contributed by atoms with Gasteiger partial charge < -0.3 is 139 Å². The summed E-state index contributed by atoms with van der Waals surface area (Å²) in [5, 5.41) is 128. The quantitative estimate of drug-likeness (QED) is 0.0504. The first kappa shape index (κ1) is 95.4. The van der Waals surface area contributed by atoms with Gasteiger partial charge in [-0.1, -0.05) is 0 Å². The number of aliphatic hydroxyl groups is 16. The maximum atomic E-state index is 8.03. The molecule has 0 aromatic heterocycles. The molecule has 4 radical (unpaired) electrons. The van der Waals surface area contributed by atoms with Crippen LogP contribution in [0.4, 0.5) is 0 Å². The Balaban J connectivity index is -0.0000000278. The summed E-state index contributed by atoms with van der Waals surface area (Å²) in [4.78, 5) is 0. The number of hydrogen-bond donors (Lipinski definition) is 24. The maximum Gasteiger partial charge on any atom is 0.152 e. The van der Waals surface area contributed by atoms with Gasteiger partial charge in [0.2, 0.25) is 0 Å². The summed E-state index contributed by atoms with van der Waals surface area (Å²) >= 11 is 0. The van der Waals surface area contributed by atoms with Crippen molar-refractivity contribution in [2.45, 2.75) is 102 Å². The van der Waals surface area contributed by atoms with Gasteiger partial charge in [0.05, 0.1) is 0 Å². The van der Waals surface area contributed by atoms with Gasteiger partial charge in [-0.2, -0.15) is 0 Å². The van der Waals surface area contributed by atoms with Crippen LogP contribution in [0.1, 0.15) is 51.4 Å². The number of aliphatic hydroxyl groups excluding tert-OH is 8. The second kappa shape index (κ2) is 90.3.